The van der Waals surface area contributed by atoms with E-state index in [-0.39, 0.29) is 11.5 Å². The quantitative estimate of drug-likeness (QED) is 0.505. The number of hydrogen-bond acceptors (Lipinski definition) is 5. The van der Waals surface area contributed by atoms with Crippen molar-refractivity contribution in [2.45, 2.75) is 33.2 Å². The van der Waals surface area contributed by atoms with Crippen LogP contribution in [-0.2, 0) is 17.7 Å². The average Bonchev–Trinajstić information content (AvgIpc) is 3.07. The van der Waals surface area contributed by atoms with Gasteiger partial charge in [0.1, 0.15) is 4.83 Å². The number of aromatic amines is 1. The van der Waals surface area contributed by atoms with E-state index in [9.17, 15) is 9.59 Å². The zero-order chi connectivity index (χ0) is 18.7. The van der Waals surface area contributed by atoms with Crippen LogP contribution in [0.3, 0.4) is 0 Å². The van der Waals surface area contributed by atoms with Gasteiger partial charge in [-0.2, -0.15) is 0 Å². The average molecular weight is 389 g/mol. The summed E-state index contributed by atoms with van der Waals surface area (Å²) in [6.45, 7) is 4.77. The molecule has 0 saturated carbocycles. The third-order valence-corrected chi connectivity index (χ3v) is 5.56. The molecule has 1 aromatic carbocycles. The highest BCUT2D eigenvalue weighted by Gasteiger charge is 2.11. The molecule has 7 heteroatoms. The molecule has 1 N–H and O–H groups in total. The number of hydrogen-bond donors (Lipinski definition) is 1. The smallest absolute Gasteiger partial charge is 0.338 e. The fraction of sp³-hybridized carbons (Fsp3) is 0.316. The third kappa shape index (κ3) is 3.78. The van der Waals surface area contributed by atoms with Crippen molar-refractivity contribution < 1.29 is 9.53 Å². The largest absolute Gasteiger partial charge is 0.462 e. The molecule has 2 heterocycles. The molecule has 0 atom stereocenters. The Bertz CT molecular complexity index is 1050. The van der Waals surface area contributed by atoms with Crippen LogP contribution in [0.2, 0.25) is 0 Å². The number of fused-ring (bicyclic) bond motifs is 1. The van der Waals surface area contributed by atoms with Crippen LogP contribution in [0.25, 0.3) is 10.2 Å². The van der Waals surface area contributed by atoms with Crippen LogP contribution in [-0.4, -0.2) is 22.1 Å². The van der Waals surface area contributed by atoms with E-state index in [2.05, 4.69) is 11.9 Å². The Morgan fingerprint density at radius 2 is 2.00 bits per heavy atom. The number of thiophene rings is 1. The zero-order valence-electron chi connectivity index (χ0n) is 14.7. The standard InChI is InChI=1S/C19H20N2O3S2/c1-3-9-24-18(23)13-7-5-12(6-8-13)11-21-17(22)15-10-14(4-2)26-16(15)20-19(21)25/h5-8,10H,3-4,9,11H2,1-2H3,(H,20,25). The molecule has 2 aromatic heterocycles. The van der Waals surface area contributed by atoms with Gasteiger partial charge in [0.25, 0.3) is 5.56 Å². The van der Waals surface area contributed by atoms with Crippen molar-refractivity contribution in [2.75, 3.05) is 6.61 Å². The summed E-state index contributed by atoms with van der Waals surface area (Å²) >= 11 is 6.93. The summed E-state index contributed by atoms with van der Waals surface area (Å²) in [5.41, 5.74) is 1.30. The molecule has 0 saturated heterocycles. The second-order valence-corrected chi connectivity index (χ2v) is 7.49. The van der Waals surface area contributed by atoms with Crippen LogP contribution in [0.4, 0.5) is 0 Å². The molecule has 0 radical (unpaired) electrons. The molecule has 0 spiro atoms. The van der Waals surface area contributed by atoms with E-state index in [1.54, 1.807) is 28.0 Å². The maximum absolute atomic E-state index is 12.8. The number of aromatic nitrogens is 2. The lowest BCUT2D eigenvalue weighted by Crippen LogP contribution is -2.22. The number of esters is 1. The van der Waals surface area contributed by atoms with Crippen molar-refractivity contribution in [1.29, 1.82) is 0 Å². The molecule has 0 aliphatic heterocycles. The lowest BCUT2D eigenvalue weighted by atomic mass is 10.1. The fourth-order valence-electron chi connectivity index (χ4n) is 2.62. The number of nitrogens with one attached hydrogen (secondary N) is 1. The Morgan fingerprint density at radius 1 is 1.27 bits per heavy atom. The second kappa shape index (κ2) is 7.97. The second-order valence-electron chi connectivity index (χ2n) is 5.96. The SMILES string of the molecule is CCCOC(=O)c1ccc(Cn2c(=S)[nH]c3sc(CC)cc3c2=O)cc1. The highest BCUT2D eigenvalue weighted by atomic mass is 32.1. The molecular formula is C19H20N2O3S2. The Morgan fingerprint density at radius 3 is 2.65 bits per heavy atom. The van der Waals surface area contributed by atoms with Crippen molar-refractivity contribution >= 4 is 39.7 Å². The molecule has 5 nitrogen and oxygen atoms in total. The number of benzene rings is 1. The summed E-state index contributed by atoms with van der Waals surface area (Å²) in [5.74, 6) is -0.334. The van der Waals surface area contributed by atoms with Crippen molar-refractivity contribution in [3.63, 3.8) is 0 Å². The molecule has 0 unspecified atom stereocenters. The lowest BCUT2D eigenvalue weighted by molar-refractivity contribution is 0.0505. The summed E-state index contributed by atoms with van der Waals surface area (Å²) in [5, 5.41) is 0.667. The van der Waals surface area contributed by atoms with Gasteiger partial charge in [-0.3, -0.25) is 9.36 Å². The highest BCUT2D eigenvalue weighted by Crippen LogP contribution is 2.21. The number of rotatable bonds is 6. The molecule has 0 amide bonds. The van der Waals surface area contributed by atoms with E-state index in [0.717, 1.165) is 28.1 Å². The Kier molecular flexibility index (Phi) is 5.68. The van der Waals surface area contributed by atoms with E-state index < -0.39 is 0 Å². The third-order valence-electron chi connectivity index (χ3n) is 4.04. The predicted octanol–water partition coefficient (Wildman–Crippen LogP) is 4.30. The molecule has 0 bridgehead atoms. The van der Waals surface area contributed by atoms with Crippen LogP contribution in [0, 0.1) is 4.77 Å². The summed E-state index contributed by atoms with van der Waals surface area (Å²) in [6, 6.07) is 8.99. The first-order valence-corrected chi connectivity index (χ1v) is 9.77. The van der Waals surface area contributed by atoms with Gasteiger partial charge >= 0.3 is 5.97 Å². The van der Waals surface area contributed by atoms with Gasteiger partial charge in [0.05, 0.1) is 24.1 Å². The van der Waals surface area contributed by atoms with Crippen LogP contribution in [0.1, 0.15) is 41.1 Å². The first-order valence-electron chi connectivity index (χ1n) is 8.55. The minimum Gasteiger partial charge on any atom is -0.462 e. The van der Waals surface area contributed by atoms with Crippen molar-refractivity contribution in [3.05, 3.63) is 61.5 Å². The molecule has 0 aliphatic carbocycles. The van der Waals surface area contributed by atoms with E-state index >= 15 is 0 Å². The van der Waals surface area contributed by atoms with E-state index in [1.165, 1.54) is 0 Å². The lowest BCUT2D eigenvalue weighted by Gasteiger charge is -2.08. The van der Waals surface area contributed by atoms with Crippen molar-refractivity contribution in [2.24, 2.45) is 0 Å². The van der Waals surface area contributed by atoms with Gasteiger partial charge in [0.2, 0.25) is 0 Å². The predicted molar refractivity (Wildman–Crippen MR) is 107 cm³/mol. The fourth-order valence-corrected chi connectivity index (χ4v) is 3.92. The van der Waals surface area contributed by atoms with E-state index in [0.29, 0.717) is 28.9 Å². The molecule has 0 aliphatic rings. The van der Waals surface area contributed by atoms with Crippen LogP contribution in [0.5, 0.6) is 0 Å². The summed E-state index contributed by atoms with van der Waals surface area (Å²) in [4.78, 5) is 29.8. The van der Waals surface area contributed by atoms with Gasteiger partial charge in [-0.15, -0.1) is 11.3 Å². The van der Waals surface area contributed by atoms with E-state index in [4.69, 9.17) is 17.0 Å². The topological polar surface area (TPSA) is 64.1 Å². The van der Waals surface area contributed by atoms with Crippen molar-refractivity contribution in [1.82, 2.24) is 9.55 Å². The minimum absolute atomic E-state index is 0.0915. The number of ether oxygens (including phenoxy) is 1. The van der Waals surface area contributed by atoms with Gasteiger partial charge in [0.15, 0.2) is 4.77 Å². The first kappa shape index (κ1) is 18.5. The zero-order valence-corrected chi connectivity index (χ0v) is 16.3. The maximum Gasteiger partial charge on any atom is 0.338 e. The monoisotopic (exact) mass is 388 g/mol. The number of carbonyl (C=O) groups is 1. The molecule has 0 fully saturated rings. The maximum atomic E-state index is 12.8. The van der Waals surface area contributed by atoms with Gasteiger partial charge in [-0.1, -0.05) is 26.0 Å². The Balaban J connectivity index is 1.88. The first-order chi connectivity index (χ1) is 12.5. The summed E-state index contributed by atoms with van der Waals surface area (Å²) in [7, 11) is 0. The van der Waals surface area contributed by atoms with Crippen molar-refractivity contribution in [3.8, 4) is 0 Å². The summed E-state index contributed by atoms with van der Waals surface area (Å²) < 4.78 is 7.07. The molecule has 136 valence electrons. The normalized spacial score (nSPS) is 11.0. The molecule has 3 rings (SSSR count). The minimum atomic E-state index is -0.334. The van der Waals surface area contributed by atoms with E-state index in [1.807, 2.05) is 25.1 Å². The van der Waals surface area contributed by atoms with Crippen LogP contribution >= 0.6 is 23.6 Å². The van der Waals surface area contributed by atoms with Crippen LogP contribution < -0.4 is 5.56 Å². The van der Waals surface area contributed by atoms with Gasteiger partial charge in [0, 0.05) is 4.88 Å². The van der Waals surface area contributed by atoms with Crippen LogP contribution in [0.15, 0.2) is 35.1 Å². The molecular weight excluding hydrogens is 368 g/mol. The van der Waals surface area contributed by atoms with Gasteiger partial charge in [-0.05, 0) is 48.8 Å². The van der Waals surface area contributed by atoms with Gasteiger partial charge in [-0.25, -0.2) is 4.79 Å². The molecule has 26 heavy (non-hydrogen) atoms. The number of aryl methyl sites for hydroxylation is 1. The number of carbonyl (C=O) groups excluding carboxylic acids is 1. The molecule has 3 aromatic rings. The summed E-state index contributed by atoms with van der Waals surface area (Å²) in [6.07, 6.45) is 1.67. The van der Waals surface area contributed by atoms with Gasteiger partial charge < -0.3 is 9.72 Å². The number of nitrogens with zero attached hydrogens (tertiary/aromatic N) is 1. The Hall–Kier alpha value is -2.25. The highest BCUT2D eigenvalue weighted by molar-refractivity contribution is 7.71. The number of H-pyrrole nitrogens is 1. The Labute approximate surface area is 160 Å².